The monoisotopic (exact) mass is 415 g/mol. The standard InChI is InChI=1S/C17H14BrN5OS/c1-2-25-17-21-16(24)14-12-8-11(18)5-6-13(12)20-15(23(14)22-17)10-4-3-7-19-9-10/h3-9,15H,2H2,1H3,(H,21,22,24)/t15-/m1/s1. The molecule has 1 aromatic heterocycles. The number of thioether (sulfide) groups is 1. The molecule has 8 heteroatoms. The van der Waals surface area contributed by atoms with Crippen molar-refractivity contribution in [3.63, 3.8) is 0 Å². The van der Waals surface area contributed by atoms with Crippen LogP contribution >= 0.6 is 27.7 Å². The van der Waals surface area contributed by atoms with Crippen LogP contribution in [0.15, 0.2) is 57.3 Å². The summed E-state index contributed by atoms with van der Waals surface area (Å²) in [6, 6.07) is 9.52. The first kappa shape index (κ1) is 16.3. The lowest BCUT2D eigenvalue weighted by Gasteiger charge is -2.33. The summed E-state index contributed by atoms with van der Waals surface area (Å²) in [4.78, 5) is 21.8. The third kappa shape index (κ3) is 2.96. The Balaban J connectivity index is 1.98. The molecule has 0 unspecified atom stereocenters. The van der Waals surface area contributed by atoms with Crippen molar-refractivity contribution in [2.24, 2.45) is 10.1 Å². The second kappa shape index (κ2) is 6.61. The van der Waals surface area contributed by atoms with E-state index in [-0.39, 0.29) is 5.91 Å². The van der Waals surface area contributed by atoms with E-state index >= 15 is 0 Å². The number of hydrazone groups is 1. The van der Waals surface area contributed by atoms with Gasteiger partial charge >= 0.3 is 0 Å². The van der Waals surface area contributed by atoms with Crippen molar-refractivity contribution in [3.05, 3.63) is 63.3 Å². The maximum Gasteiger partial charge on any atom is 0.276 e. The molecule has 0 aliphatic carbocycles. The smallest absolute Gasteiger partial charge is 0.276 e. The van der Waals surface area contributed by atoms with E-state index in [0.717, 1.165) is 26.4 Å². The van der Waals surface area contributed by atoms with Gasteiger partial charge in [-0.1, -0.05) is 40.7 Å². The Bertz CT molecular complexity index is 992. The normalized spacial score (nSPS) is 18.7. The van der Waals surface area contributed by atoms with Gasteiger partial charge in [0.15, 0.2) is 11.3 Å². The fourth-order valence-electron chi connectivity index (χ4n) is 2.80. The molecule has 0 spiro atoms. The average Bonchev–Trinajstić information content (AvgIpc) is 2.62. The molecule has 0 saturated heterocycles. The highest BCUT2D eigenvalue weighted by atomic mass is 79.9. The maximum atomic E-state index is 12.8. The first-order valence-corrected chi connectivity index (χ1v) is 9.55. The molecule has 4 rings (SSSR count). The molecule has 3 heterocycles. The number of amidine groups is 1. The van der Waals surface area contributed by atoms with Crippen LogP contribution in [0.4, 0.5) is 0 Å². The van der Waals surface area contributed by atoms with E-state index in [2.05, 4.69) is 31.3 Å². The maximum absolute atomic E-state index is 12.8. The number of pyridine rings is 1. The van der Waals surface area contributed by atoms with Crippen LogP contribution < -0.4 is 15.9 Å². The summed E-state index contributed by atoms with van der Waals surface area (Å²) in [5.74, 6) is 0.646. The summed E-state index contributed by atoms with van der Waals surface area (Å²) in [5, 5.41) is 11.3. The predicted molar refractivity (Wildman–Crippen MR) is 101 cm³/mol. The highest BCUT2D eigenvalue weighted by Gasteiger charge is 2.34. The van der Waals surface area contributed by atoms with Crippen LogP contribution in [-0.2, 0) is 4.79 Å². The van der Waals surface area contributed by atoms with Crippen molar-refractivity contribution in [2.75, 3.05) is 5.75 Å². The molecule has 0 radical (unpaired) electrons. The molecule has 2 aromatic rings. The van der Waals surface area contributed by atoms with Gasteiger partial charge in [0.1, 0.15) is 5.70 Å². The zero-order chi connectivity index (χ0) is 17.4. The number of carbonyl (C=O) groups excluding carboxylic acids is 1. The van der Waals surface area contributed by atoms with Gasteiger partial charge in [-0.05, 0) is 30.0 Å². The molecule has 126 valence electrons. The number of amides is 1. The first-order chi connectivity index (χ1) is 12.2. The second-order valence-corrected chi connectivity index (χ2v) is 7.60. The van der Waals surface area contributed by atoms with Crippen molar-refractivity contribution in [3.8, 4) is 0 Å². The van der Waals surface area contributed by atoms with Gasteiger partial charge in [-0.15, -0.1) is 5.10 Å². The van der Waals surface area contributed by atoms with Crippen LogP contribution in [0.5, 0.6) is 0 Å². The molecule has 1 N–H and O–H groups in total. The van der Waals surface area contributed by atoms with Gasteiger partial charge in [-0.2, -0.15) is 0 Å². The molecule has 1 aromatic carbocycles. The quantitative estimate of drug-likeness (QED) is 0.810. The van der Waals surface area contributed by atoms with Crippen LogP contribution in [0.25, 0.3) is 5.70 Å². The van der Waals surface area contributed by atoms with E-state index in [1.807, 2.05) is 37.3 Å². The minimum absolute atomic E-state index is 0.172. The molecule has 25 heavy (non-hydrogen) atoms. The lowest BCUT2D eigenvalue weighted by atomic mass is 10.1. The van der Waals surface area contributed by atoms with Crippen LogP contribution in [0.1, 0.15) is 18.7 Å². The van der Waals surface area contributed by atoms with Crippen LogP contribution in [0.3, 0.4) is 0 Å². The molecular weight excluding hydrogens is 402 g/mol. The minimum atomic E-state index is -0.420. The number of hydrogen-bond donors (Lipinski definition) is 1. The number of nitrogens with zero attached hydrogens (tertiary/aromatic N) is 4. The van der Waals surface area contributed by atoms with Crippen LogP contribution in [-0.4, -0.2) is 26.8 Å². The molecule has 0 bridgehead atoms. The number of carbonyl (C=O) groups is 1. The Morgan fingerprint density at radius 1 is 1.36 bits per heavy atom. The van der Waals surface area contributed by atoms with Gasteiger partial charge in [0, 0.05) is 27.6 Å². The number of aromatic nitrogens is 1. The van der Waals surface area contributed by atoms with Gasteiger partial charge in [0.2, 0.25) is 0 Å². The number of halogens is 1. The van der Waals surface area contributed by atoms with Gasteiger partial charge in [0.25, 0.3) is 5.91 Å². The van der Waals surface area contributed by atoms with E-state index < -0.39 is 6.17 Å². The first-order valence-electron chi connectivity index (χ1n) is 7.77. The lowest BCUT2D eigenvalue weighted by Crippen LogP contribution is -2.50. The second-order valence-electron chi connectivity index (χ2n) is 5.44. The zero-order valence-corrected chi connectivity index (χ0v) is 15.7. The molecule has 0 fully saturated rings. The van der Waals surface area contributed by atoms with Gasteiger partial charge in [-0.25, -0.2) is 5.01 Å². The van der Waals surface area contributed by atoms with Crippen molar-refractivity contribution < 1.29 is 4.79 Å². The number of rotatable bonds is 2. The number of fused-ring (bicyclic) bond motifs is 2. The largest absolute Gasteiger partial charge is 0.298 e. The van der Waals surface area contributed by atoms with Crippen LogP contribution in [0.2, 0.25) is 0 Å². The number of hydrogen-bond acceptors (Lipinski definition) is 6. The lowest BCUT2D eigenvalue weighted by molar-refractivity contribution is -0.116. The summed E-state index contributed by atoms with van der Waals surface area (Å²) in [7, 11) is 0. The molecule has 1 amide bonds. The van der Waals surface area contributed by atoms with Crippen molar-refractivity contribution in [1.29, 1.82) is 0 Å². The molecule has 2 aliphatic rings. The highest BCUT2D eigenvalue weighted by molar-refractivity contribution is 9.10. The minimum Gasteiger partial charge on any atom is -0.298 e. The van der Waals surface area contributed by atoms with Gasteiger partial charge in [-0.3, -0.25) is 20.1 Å². The van der Waals surface area contributed by atoms with Gasteiger partial charge < -0.3 is 0 Å². The molecule has 1 atom stereocenters. The number of nitrogens with one attached hydrogen (secondary N) is 1. The summed E-state index contributed by atoms with van der Waals surface area (Å²) in [6.07, 6.45) is 3.05. The average molecular weight is 416 g/mol. The van der Waals surface area contributed by atoms with Crippen molar-refractivity contribution in [2.45, 2.75) is 13.1 Å². The van der Waals surface area contributed by atoms with E-state index in [1.165, 1.54) is 11.8 Å². The molecular formula is C17H14BrN5OS. The zero-order valence-electron chi connectivity index (χ0n) is 13.3. The Morgan fingerprint density at radius 2 is 2.24 bits per heavy atom. The summed E-state index contributed by atoms with van der Waals surface area (Å²) >= 11 is 4.96. The Morgan fingerprint density at radius 3 is 3.00 bits per heavy atom. The Hall–Kier alpha value is -2.19. The topological polar surface area (TPSA) is 70.0 Å². The summed E-state index contributed by atoms with van der Waals surface area (Å²) in [5.41, 5.74) is 1.38. The van der Waals surface area contributed by atoms with E-state index in [0.29, 0.717) is 10.9 Å². The van der Waals surface area contributed by atoms with Crippen molar-refractivity contribution >= 4 is 44.5 Å². The predicted octanol–water partition coefficient (Wildman–Crippen LogP) is 1.74. The summed E-state index contributed by atoms with van der Waals surface area (Å²) in [6.45, 7) is 2.02. The molecule has 0 saturated carbocycles. The fraction of sp³-hybridized carbons (Fsp3) is 0.176. The fourth-order valence-corrected chi connectivity index (χ4v) is 3.74. The highest BCUT2D eigenvalue weighted by Crippen LogP contribution is 2.30. The van der Waals surface area contributed by atoms with Gasteiger partial charge in [0.05, 0.1) is 5.36 Å². The Labute approximate surface area is 156 Å². The van der Waals surface area contributed by atoms with Crippen LogP contribution in [0, 0.1) is 0 Å². The SMILES string of the molecule is CCSC1=NN2C(=c3cc(Br)ccc3=N[C@H]2c2cccnc2)C(=O)N1. The third-order valence-electron chi connectivity index (χ3n) is 3.83. The number of benzene rings is 1. The third-order valence-corrected chi connectivity index (χ3v) is 5.07. The molecule has 6 nitrogen and oxygen atoms in total. The molecule has 2 aliphatic heterocycles. The van der Waals surface area contributed by atoms with E-state index in [4.69, 9.17) is 4.99 Å². The van der Waals surface area contributed by atoms with E-state index in [9.17, 15) is 4.79 Å². The Kier molecular flexibility index (Phi) is 4.30. The summed E-state index contributed by atoms with van der Waals surface area (Å²) < 4.78 is 0.888. The van der Waals surface area contributed by atoms with Crippen molar-refractivity contribution in [1.82, 2.24) is 15.3 Å². The van der Waals surface area contributed by atoms with E-state index in [1.54, 1.807) is 17.4 Å².